The molecule has 3 aliphatic rings. The number of nitrogens with two attached hydrogens (primary N) is 1. The molecule has 1 aromatic carbocycles. The number of hydrogen-bond acceptors (Lipinski definition) is 3. The predicted molar refractivity (Wildman–Crippen MR) is 92.4 cm³/mol. The largest absolute Gasteiger partial charge is 0.344 e. The van der Waals surface area contributed by atoms with Gasteiger partial charge in [-0.2, -0.15) is 0 Å². The second-order valence-corrected chi connectivity index (χ2v) is 7.61. The van der Waals surface area contributed by atoms with E-state index in [1.54, 1.807) is 4.90 Å². The van der Waals surface area contributed by atoms with Gasteiger partial charge in [0.1, 0.15) is 6.04 Å². The Kier molecular flexibility index (Phi) is 3.83. The summed E-state index contributed by atoms with van der Waals surface area (Å²) < 4.78 is 0. The van der Waals surface area contributed by atoms with Crippen molar-refractivity contribution in [1.29, 1.82) is 0 Å². The van der Waals surface area contributed by atoms with Crippen molar-refractivity contribution in [2.75, 3.05) is 11.4 Å². The van der Waals surface area contributed by atoms with Crippen molar-refractivity contribution < 1.29 is 9.59 Å². The number of nitrogens with zero attached hydrogens (tertiary/aromatic N) is 1. The van der Waals surface area contributed by atoms with Crippen LogP contribution < -0.4 is 16.0 Å². The quantitative estimate of drug-likeness (QED) is 0.885. The van der Waals surface area contributed by atoms with Crippen molar-refractivity contribution in [2.24, 2.45) is 23.5 Å². The number of hydrogen-bond donors (Lipinski definition) is 2. The van der Waals surface area contributed by atoms with Crippen LogP contribution in [-0.2, 0) is 9.59 Å². The van der Waals surface area contributed by atoms with Crippen molar-refractivity contribution in [3.05, 3.63) is 29.8 Å². The van der Waals surface area contributed by atoms with Gasteiger partial charge in [-0.15, -0.1) is 0 Å². The normalized spacial score (nSPS) is 34.8. The van der Waals surface area contributed by atoms with Gasteiger partial charge in [-0.1, -0.05) is 17.7 Å². The number of carbonyl (C=O) groups excluding carboxylic acids is 2. The molecule has 5 unspecified atom stereocenters. The fourth-order valence-corrected chi connectivity index (χ4v) is 4.79. The van der Waals surface area contributed by atoms with Gasteiger partial charge in [0.25, 0.3) is 0 Å². The average Bonchev–Trinajstić information content (AvgIpc) is 3.24. The first-order valence-corrected chi connectivity index (χ1v) is 8.98. The minimum Gasteiger partial charge on any atom is -0.344 e. The van der Waals surface area contributed by atoms with Crippen molar-refractivity contribution in [3.63, 3.8) is 0 Å². The van der Waals surface area contributed by atoms with Crippen LogP contribution in [0.1, 0.15) is 31.2 Å². The number of anilines is 1. The van der Waals surface area contributed by atoms with E-state index >= 15 is 0 Å². The van der Waals surface area contributed by atoms with Crippen molar-refractivity contribution in [2.45, 2.75) is 44.7 Å². The highest BCUT2D eigenvalue weighted by molar-refractivity contribution is 6.01. The molecule has 3 N–H and O–H groups in total. The number of rotatable bonds is 3. The molecule has 2 saturated carbocycles. The van der Waals surface area contributed by atoms with Crippen LogP contribution in [0.2, 0.25) is 0 Å². The minimum atomic E-state index is -0.412. The Bertz CT molecular complexity index is 655. The summed E-state index contributed by atoms with van der Waals surface area (Å²) in [5, 5.41) is 2.99. The third-order valence-electron chi connectivity index (χ3n) is 6.15. The summed E-state index contributed by atoms with van der Waals surface area (Å²) in [5.41, 5.74) is 8.32. The molecule has 3 fully saturated rings. The number of nitrogens with one attached hydrogen (secondary N) is 1. The lowest BCUT2D eigenvalue weighted by molar-refractivity contribution is -0.130. The number of fused-ring (bicyclic) bond motifs is 2. The molecule has 0 spiro atoms. The summed E-state index contributed by atoms with van der Waals surface area (Å²) in [7, 11) is 0. The zero-order valence-corrected chi connectivity index (χ0v) is 14.1. The molecule has 1 aromatic rings. The number of amides is 2. The highest BCUT2D eigenvalue weighted by Gasteiger charge is 2.49. The first-order chi connectivity index (χ1) is 11.5. The van der Waals surface area contributed by atoms with E-state index in [-0.39, 0.29) is 23.8 Å². The van der Waals surface area contributed by atoms with Gasteiger partial charge >= 0.3 is 0 Å². The maximum Gasteiger partial charge on any atom is 0.249 e. The SMILES string of the molecule is Cc1ccc(N2CCC(NC(=O)C3C4CCC(C4)C3N)C2=O)cc1. The maximum atomic E-state index is 12.7. The average molecular weight is 327 g/mol. The summed E-state index contributed by atoms with van der Waals surface area (Å²) in [5.74, 6) is 0.775. The standard InChI is InChI=1S/C19H25N3O2/c1-11-2-6-14(7-3-11)22-9-8-15(19(22)24)21-18(23)16-12-4-5-13(10-12)17(16)20/h2-3,6-7,12-13,15-17H,4-5,8-10,20H2,1H3,(H,21,23). The number of aryl methyl sites for hydroxylation is 1. The van der Waals surface area contributed by atoms with Crippen LogP contribution in [0, 0.1) is 24.7 Å². The Hall–Kier alpha value is -1.88. The van der Waals surface area contributed by atoms with Gasteiger partial charge in [0.2, 0.25) is 11.8 Å². The van der Waals surface area contributed by atoms with Crippen molar-refractivity contribution >= 4 is 17.5 Å². The van der Waals surface area contributed by atoms with E-state index in [0.717, 1.165) is 24.9 Å². The minimum absolute atomic E-state index is 0.0102. The fraction of sp³-hybridized carbons (Fsp3) is 0.579. The summed E-state index contributed by atoms with van der Waals surface area (Å²) in [6.45, 7) is 2.67. The molecular formula is C19H25N3O2. The lowest BCUT2D eigenvalue weighted by atomic mass is 9.84. The molecule has 1 aliphatic heterocycles. The zero-order chi connectivity index (χ0) is 16.8. The van der Waals surface area contributed by atoms with E-state index in [0.29, 0.717) is 24.8 Å². The van der Waals surface area contributed by atoms with Gasteiger partial charge in [0.05, 0.1) is 5.92 Å². The topological polar surface area (TPSA) is 75.4 Å². The summed E-state index contributed by atoms with van der Waals surface area (Å²) >= 11 is 0. The monoisotopic (exact) mass is 327 g/mol. The molecule has 5 heteroatoms. The maximum absolute atomic E-state index is 12.7. The molecule has 5 nitrogen and oxygen atoms in total. The van der Waals surface area contributed by atoms with Crippen molar-refractivity contribution in [1.82, 2.24) is 5.32 Å². The first-order valence-electron chi connectivity index (χ1n) is 8.98. The Balaban J connectivity index is 1.42. The molecule has 5 atom stereocenters. The van der Waals surface area contributed by atoms with Crippen LogP contribution in [0.5, 0.6) is 0 Å². The molecule has 0 radical (unpaired) electrons. The zero-order valence-electron chi connectivity index (χ0n) is 14.1. The number of benzene rings is 1. The van der Waals surface area contributed by atoms with E-state index in [4.69, 9.17) is 5.73 Å². The molecule has 1 heterocycles. The molecule has 2 aliphatic carbocycles. The Morgan fingerprint density at radius 1 is 1.17 bits per heavy atom. The highest BCUT2D eigenvalue weighted by atomic mass is 16.2. The molecule has 4 rings (SSSR count). The summed E-state index contributed by atoms with van der Waals surface area (Å²) in [4.78, 5) is 27.1. The van der Waals surface area contributed by atoms with Gasteiger partial charge in [0, 0.05) is 18.3 Å². The molecule has 2 bridgehead atoms. The van der Waals surface area contributed by atoms with E-state index in [2.05, 4.69) is 5.32 Å². The Labute approximate surface area is 142 Å². The second-order valence-electron chi connectivity index (χ2n) is 7.61. The molecule has 128 valence electrons. The Morgan fingerprint density at radius 3 is 2.54 bits per heavy atom. The van der Waals surface area contributed by atoms with Gasteiger partial charge in [-0.25, -0.2) is 0 Å². The van der Waals surface area contributed by atoms with Crippen LogP contribution in [0.15, 0.2) is 24.3 Å². The molecule has 1 saturated heterocycles. The van der Waals surface area contributed by atoms with Gasteiger partial charge < -0.3 is 16.0 Å². The first kappa shape index (κ1) is 15.6. The summed E-state index contributed by atoms with van der Waals surface area (Å²) in [6, 6.07) is 7.48. The smallest absolute Gasteiger partial charge is 0.249 e. The van der Waals surface area contributed by atoms with Crippen LogP contribution >= 0.6 is 0 Å². The lowest BCUT2D eigenvalue weighted by Crippen LogP contribution is -2.50. The van der Waals surface area contributed by atoms with E-state index in [9.17, 15) is 9.59 Å². The molecular weight excluding hydrogens is 302 g/mol. The number of carbonyl (C=O) groups is 2. The van der Waals surface area contributed by atoms with E-state index in [1.165, 1.54) is 5.56 Å². The van der Waals surface area contributed by atoms with Crippen LogP contribution in [0.3, 0.4) is 0 Å². The second kappa shape index (κ2) is 5.88. The third-order valence-corrected chi connectivity index (χ3v) is 6.15. The molecule has 24 heavy (non-hydrogen) atoms. The van der Waals surface area contributed by atoms with Crippen LogP contribution in [0.4, 0.5) is 5.69 Å². The van der Waals surface area contributed by atoms with Crippen LogP contribution in [-0.4, -0.2) is 30.4 Å². The van der Waals surface area contributed by atoms with Gasteiger partial charge in [-0.05, 0) is 56.6 Å². The molecule has 0 aromatic heterocycles. The lowest BCUT2D eigenvalue weighted by Gasteiger charge is -2.28. The van der Waals surface area contributed by atoms with Gasteiger partial charge in [-0.3, -0.25) is 9.59 Å². The van der Waals surface area contributed by atoms with Crippen molar-refractivity contribution in [3.8, 4) is 0 Å². The third kappa shape index (κ3) is 2.51. The molecule has 2 amide bonds. The van der Waals surface area contributed by atoms with Gasteiger partial charge in [0.15, 0.2) is 0 Å². The van der Waals surface area contributed by atoms with E-state index in [1.807, 2.05) is 31.2 Å². The van der Waals surface area contributed by atoms with E-state index < -0.39 is 6.04 Å². The van der Waals surface area contributed by atoms with Crippen LogP contribution in [0.25, 0.3) is 0 Å². The Morgan fingerprint density at radius 2 is 1.88 bits per heavy atom. The highest BCUT2D eigenvalue weighted by Crippen LogP contribution is 2.47. The fourth-order valence-electron chi connectivity index (χ4n) is 4.79. The summed E-state index contributed by atoms with van der Waals surface area (Å²) in [6.07, 6.45) is 3.99. The predicted octanol–water partition coefficient (Wildman–Crippen LogP) is 1.59.